The largest absolute Gasteiger partial charge is 0.550 e. The monoisotopic (exact) mass is 518 g/mol. The number of carboxylic acid groups (broad SMARTS) is 2. The average molecular weight is 517 g/mol. The fraction of sp³-hybridized carbons (Fsp3) is 0.417. The Hall–Kier alpha value is -1.86. The molecule has 2 aromatic carbocycles. The van der Waals surface area contributed by atoms with E-state index >= 15 is 0 Å². The Labute approximate surface area is 189 Å². The molecule has 2 aromatic rings. The number of carbonyl (C=O) groups is 2. The van der Waals surface area contributed by atoms with E-state index in [1.54, 1.807) is 54.6 Å². The molecule has 6 heteroatoms. The summed E-state index contributed by atoms with van der Waals surface area (Å²) < 4.78 is 7.60. The quantitative estimate of drug-likeness (QED) is 0.452. The van der Waals surface area contributed by atoms with Gasteiger partial charge in [0.15, 0.2) is 0 Å². The van der Waals surface area contributed by atoms with Gasteiger partial charge >= 0.3 is 56.7 Å². The third-order valence-electron chi connectivity index (χ3n) is 4.16. The van der Waals surface area contributed by atoms with Crippen LogP contribution in [-0.4, -0.2) is 38.7 Å². The molecule has 0 amide bonds. The maximum Gasteiger partial charge on any atom is 0.117 e. The van der Waals surface area contributed by atoms with Crippen LogP contribution in [0.5, 0.6) is 0 Å². The van der Waals surface area contributed by atoms with Crippen LogP contribution < -0.4 is 10.2 Å². The molecule has 0 fully saturated rings. The van der Waals surface area contributed by atoms with Gasteiger partial charge in [-0.2, -0.15) is 0 Å². The van der Waals surface area contributed by atoms with Gasteiger partial charge in [0.2, 0.25) is 0 Å². The second-order valence-electron chi connectivity index (χ2n) is 7.74. The predicted octanol–water partition coefficient (Wildman–Crippen LogP) is 2.42. The Morgan fingerprint density at radius 2 is 1.33 bits per heavy atom. The van der Waals surface area contributed by atoms with Crippen LogP contribution in [0.2, 0.25) is 7.87 Å². The standard InChI is InChI=1S/C18H18O5.2C3H7.Sn/c19-16(20)12-18(17(21)22,11-14-7-3-1-4-8-14)23-13-15-9-5-2-6-10-15;2*1-3-2;/h1-10H,11-13H2,(H,19,20)(H,21,22);2*3H,1-2H3;/q;;;+2/p-2. The van der Waals surface area contributed by atoms with E-state index < -0.39 is 24.0 Å². The van der Waals surface area contributed by atoms with E-state index in [0.29, 0.717) is 5.56 Å². The summed E-state index contributed by atoms with van der Waals surface area (Å²) in [4.78, 5) is 22.7. The molecule has 0 N–H and O–H groups in total. The van der Waals surface area contributed by atoms with Crippen LogP contribution in [0.3, 0.4) is 0 Å². The van der Waals surface area contributed by atoms with E-state index in [-0.39, 0.29) is 34.2 Å². The van der Waals surface area contributed by atoms with Crippen molar-refractivity contribution in [1.82, 2.24) is 0 Å². The fourth-order valence-electron chi connectivity index (χ4n) is 2.99. The van der Waals surface area contributed by atoms with Crippen molar-refractivity contribution in [3.63, 3.8) is 0 Å². The van der Waals surface area contributed by atoms with Crippen molar-refractivity contribution >= 4 is 33.1 Å². The summed E-state index contributed by atoms with van der Waals surface area (Å²) in [5, 5.41) is 22.7. The number of carboxylic acids is 2. The minimum absolute atomic E-state index is 0.0328. The number of rotatable bonds is 10. The van der Waals surface area contributed by atoms with Crippen LogP contribution >= 0.6 is 0 Å². The summed E-state index contributed by atoms with van der Waals surface area (Å²) in [7, 11) is 0. The zero-order valence-corrected chi connectivity index (χ0v) is 20.9. The summed E-state index contributed by atoms with van der Waals surface area (Å²) in [5.41, 5.74) is -0.591. The summed E-state index contributed by atoms with van der Waals surface area (Å²) >= 11 is 0.0389. The Morgan fingerprint density at radius 3 is 1.70 bits per heavy atom. The van der Waals surface area contributed by atoms with Crippen molar-refractivity contribution in [3.05, 3.63) is 71.8 Å². The second-order valence-corrected chi connectivity index (χ2v) is 15.3. The molecule has 2 rings (SSSR count). The van der Waals surface area contributed by atoms with Crippen LogP contribution in [0.1, 0.15) is 45.2 Å². The molecule has 0 aliphatic rings. The number of ether oxygens (including phenoxy) is 1. The summed E-state index contributed by atoms with van der Waals surface area (Å²) in [6.07, 6.45) is -0.895. The van der Waals surface area contributed by atoms with Crippen molar-refractivity contribution in [2.24, 2.45) is 0 Å². The van der Waals surface area contributed by atoms with E-state index in [1.807, 2.05) is 6.07 Å². The van der Waals surface area contributed by atoms with Crippen LogP contribution in [0, 0.1) is 0 Å². The Kier molecular flexibility index (Phi) is 11.7. The van der Waals surface area contributed by atoms with Crippen molar-refractivity contribution in [2.75, 3.05) is 0 Å². The van der Waals surface area contributed by atoms with Crippen molar-refractivity contribution in [3.8, 4) is 0 Å². The van der Waals surface area contributed by atoms with Gasteiger partial charge in [-0.25, -0.2) is 0 Å². The maximum atomic E-state index is 11.7. The fourth-order valence-corrected chi connectivity index (χ4v) is 6.79. The number of hydrogen-bond donors (Lipinski definition) is 0. The minimum Gasteiger partial charge on any atom is -0.550 e. The first-order valence-electron chi connectivity index (χ1n) is 10.0. The summed E-state index contributed by atoms with van der Waals surface area (Å²) in [5.74, 6) is -3.07. The van der Waals surface area contributed by atoms with Crippen LogP contribution in [0.4, 0.5) is 0 Å². The molecule has 160 valence electrons. The van der Waals surface area contributed by atoms with Gasteiger partial charge < -0.3 is 24.5 Å². The van der Waals surface area contributed by atoms with Gasteiger partial charge in [0.1, 0.15) is 5.60 Å². The third kappa shape index (κ3) is 10.3. The van der Waals surface area contributed by atoms with Crippen LogP contribution in [0.25, 0.3) is 0 Å². The molecule has 1 unspecified atom stereocenters. The van der Waals surface area contributed by atoms with E-state index in [0.717, 1.165) is 13.4 Å². The Balaban J connectivity index is 0.000000553. The Morgan fingerprint density at radius 1 is 0.867 bits per heavy atom. The number of benzene rings is 2. The number of hydrogen-bond acceptors (Lipinski definition) is 5. The van der Waals surface area contributed by atoms with E-state index in [4.69, 9.17) is 4.74 Å². The van der Waals surface area contributed by atoms with E-state index in [1.165, 1.54) is 0 Å². The molecule has 0 aliphatic carbocycles. The molecule has 0 spiro atoms. The first-order chi connectivity index (χ1) is 14.1. The maximum absolute atomic E-state index is 11.7. The average Bonchev–Trinajstić information content (AvgIpc) is 2.66. The molecule has 0 aromatic heterocycles. The molecular formula is C24H30O5Sn. The molecule has 0 saturated heterocycles. The predicted molar refractivity (Wildman–Crippen MR) is 115 cm³/mol. The molecule has 0 bridgehead atoms. The van der Waals surface area contributed by atoms with Gasteiger partial charge in [-0.15, -0.1) is 0 Å². The molecule has 0 heterocycles. The van der Waals surface area contributed by atoms with E-state index in [2.05, 4.69) is 27.7 Å². The second kappa shape index (κ2) is 13.4. The Bertz CT molecular complexity index is 756. The zero-order valence-electron chi connectivity index (χ0n) is 18.1. The molecular weight excluding hydrogens is 487 g/mol. The zero-order chi connectivity index (χ0) is 22.6. The molecule has 1 atom stereocenters. The molecule has 0 aliphatic heterocycles. The SMILES string of the molecule is C[CH](C)[Sn+2][CH](C)C.O=C([O-])CC(Cc1ccccc1)(OCc1ccccc1)C(=O)[O-]. The molecule has 30 heavy (non-hydrogen) atoms. The van der Waals surface area contributed by atoms with Gasteiger partial charge in [0.25, 0.3) is 0 Å². The van der Waals surface area contributed by atoms with Crippen molar-refractivity contribution in [1.29, 1.82) is 0 Å². The molecule has 0 radical (unpaired) electrons. The third-order valence-corrected chi connectivity index (χ3v) is 7.96. The first-order valence-corrected chi connectivity index (χ1v) is 13.3. The smallest absolute Gasteiger partial charge is 0.117 e. The molecule has 0 saturated carbocycles. The van der Waals surface area contributed by atoms with Crippen molar-refractivity contribution < 1.29 is 24.5 Å². The van der Waals surface area contributed by atoms with Crippen molar-refractivity contribution in [2.45, 2.75) is 60.6 Å². The number of carbonyl (C=O) groups excluding carboxylic acids is 2. The van der Waals surface area contributed by atoms with Crippen LogP contribution in [-0.2, 0) is 27.4 Å². The van der Waals surface area contributed by atoms with Gasteiger partial charge in [0, 0.05) is 18.8 Å². The minimum atomic E-state index is -1.98. The van der Waals surface area contributed by atoms with Crippen LogP contribution in [0.15, 0.2) is 60.7 Å². The van der Waals surface area contributed by atoms with E-state index in [9.17, 15) is 19.8 Å². The van der Waals surface area contributed by atoms with Gasteiger partial charge in [0.05, 0.1) is 12.6 Å². The summed E-state index contributed by atoms with van der Waals surface area (Å²) in [6, 6.07) is 17.6. The topological polar surface area (TPSA) is 89.5 Å². The number of aliphatic carboxylic acids is 2. The normalized spacial score (nSPS) is 12.5. The summed E-state index contributed by atoms with van der Waals surface area (Å²) in [6.45, 7) is 9.32. The van der Waals surface area contributed by atoms with Gasteiger partial charge in [-0.3, -0.25) is 0 Å². The first kappa shape index (κ1) is 26.2. The molecule has 5 nitrogen and oxygen atoms in total. The van der Waals surface area contributed by atoms with Gasteiger partial charge in [-0.05, 0) is 11.1 Å². The van der Waals surface area contributed by atoms with Gasteiger partial charge in [-0.1, -0.05) is 60.7 Å².